The number of thiazole rings is 1. The summed E-state index contributed by atoms with van der Waals surface area (Å²) >= 11 is 1.55. The number of aromatic nitrogens is 1. The van der Waals surface area contributed by atoms with Crippen molar-refractivity contribution >= 4 is 22.4 Å². The molecule has 1 aromatic heterocycles. The van der Waals surface area contributed by atoms with E-state index in [-0.39, 0.29) is 5.91 Å². The Labute approximate surface area is 146 Å². The Morgan fingerprint density at radius 2 is 2.08 bits per heavy atom. The number of nitrogens with one attached hydrogen (secondary N) is 1. The Kier molecular flexibility index (Phi) is 5.16. The molecule has 1 aliphatic heterocycles. The number of anilines is 1. The number of amides is 1. The average Bonchev–Trinajstić information content (AvgIpc) is 2.91. The van der Waals surface area contributed by atoms with Crippen molar-refractivity contribution in [3.63, 3.8) is 0 Å². The minimum absolute atomic E-state index is 0.0808. The van der Waals surface area contributed by atoms with E-state index < -0.39 is 0 Å². The lowest BCUT2D eigenvalue weighted by atomic mass is 10.0. The second kappa shape index (κ2) is 7.32. The third kappa shape index (κ3) is 3.76. The zero-order valence-corrected chi connectivity index (χ0v) is 15.2. The third-order valence-corrected chi connectivity index (χ3v) is 5.60. The van der Waals surface area contributed by atoms with Gasteiger partial charge in [0.25, 0.3) is 0 Å². The number of methoxy groups -OCH3 is 1. The predicted octanol–water partition coefficient (Wildman–Crippen LogP) is 3.27. The monoisotopic (exact) mass is 345 g/mol. The summed E-state index contributed by atoms with van der Waals surface area (Å²) in [6.07, 6.45) is 3.94. The van der Waals surface area contributed by atoms with Crippen molar-refractivity contribution in [2.75, 3.05) is 25.5 Å². The summed E-state index contributed by atoms with van der Waals surface area (Å²) in [5, 5.41) is 3.43. The normalized spacial score (nSPS) is 16.1. The maximum Gasteiger partial charge on any atom is 0.223 e. The number of hydrogen-bond acceptors (Lipinski definition) is 5. The highest BCUT2D eigenvalue weighted by atomic mass is 32.1. The Hall–Kier alpha value is -1.92. The zero-order valence-electron chi connectivity index (χ0n) is 14.3. The van der Waals surface area contributed by atoms with E-state index in [1.165, 1.54) is 22.9 Å². The van der Waals surface area contributed by atoms with Gasteiger partial charge in [0.2, 0.25) is 5.91 Å². The van der Waals surface area contributed by atoms with Gasteiger partial charge in [0, 0.05) is 37.1 Å². The van der Waals surface area contributed by atoms with E-state index in [9.17, 15) is 4.79 Å². The van der Waals surface area contributed by atoms with Gasteiger partial charge >= 0.3 is 0 Å². The van der Waals surface area contributed by atoms with Gasteiger partial charge in [0.05, 0.1) is 7.11 Å². The fourth-order valence-electron chi connectivity index (χ4n) is 3.10. The first-order valence-electron chi connectivity index (χ1n) is 8.20. The summed E-state index contributed by atoms with van der Waals surface area (Å²) in [4.78, 5) is 19.1. The van der Waals surface area contributed by atoms with Crippen LogP contribution in [-0.4, -0.2) is 36.0 Å². The van der Waals surface area contributed by atoms with Crippen LogP contribution in [0.15, 0.2) is 24.4 Å². The zero-order chi connectivity index (χ0) is 17.1. The number of carbonyl (C=O) groups excluding carboxylic acids is 1. The second-order valence-electron chi connectivity index (χ2n) is 6.10. The highest BCUT2D eigenvalue weighted by Crippen LogP contribution is 2.30. The SMILES string of the molecule is COc1ccc2c(c1)CCN([C@@H](C)c1cnc(NC(C)=O)s1)CC2. The standard InChI is InChI=1S/C18H23N3O2S/c1-12(17-11-19-18(24-17)20-13(2)22)21-8-6-14-4-5-16(23-3)10-15(14)7-9-21/h4-5,10-12H,6-9H2,1-3H3,(H,19,20,22)/t12-/m0/s1. The molecule has 1 aliphatic rings. The number of nitrogens with zero attached hydrogens (tertiary/aromatic N) is 2. The Morgan fingerprint density at radius 3 is 2.79 bits per heavy atom. The lowest BCUT2D eigenvalue weighted by molar-refractivity contribution is -0.114. The molecular formula is C18H23N3O2S. The number of fused-ring (bicyclic) bond motifs is 1. The Balaban J connectivity index is 1.70. The van der Waals surface area contributed by atoms with E-state index in [4.69, 9.17) is 4.74 Å². The van der Waals surface area contributed by atoms with Crippen LogP contribution < -0.4 is 10.1 Å². The largest absolute Gasteiger partial charge is 0.497 e. The Morgan fingerprint density at radius 1 is 1.33 bits per heavy atom. The van der Waals surface area contributed by atoms with Gasteiger partial charge in [-0.1, -0.05) is 6.07 Å². The topological polar surface area (TPSA) is 54.5 Å². The maximum absolute atomic E-state index is 11.2. The van der Waals surface area contributed by atoms with Crippen LogP contribution in [0.2, 0.25) is 0 Å². The molecule has 0 spiro atoms. The number of carbonyl (C=O) groups is 1. The molecule has 0 bridgehead atoms. The smallest absolute Gasteiger partial charge is 0.223 e. The van der Waals surface area contributed by atoms with E-state index in [0.29, 0.717) is 11.2 Å². The van der Waals surface area contributed by atoms with E-state index in [1.807, 2.05) is 12.3 Å². The molecule has 0 radical (unpaired) electrons. The molecule has 2 heterocycles. The van der Waals surface area contributed by atoms with Crippen molar-refractivity contribution in [2.24, 2.45) is 0 Å². The average molecular weight is 345 g/mol. The molecule has 6 heteroatoms. The first-order chi connectivity index (χ1) is 11.6. The van der Waals surface area contributed by atoms with Crippen LogP contribution >= 0.6 is 11.3 Å². The maximum atomic E-state index is 11.2. The number of hydrogen-bond donors (Lipinski definition) is 1. The molecule has 1 aromatic carbocycles. The molecule has 0 saturated heterocycles. The first kappa shape index (κ1) is 16.9. The van der Waals surface area contributed by atoms with Crippen LogP contribution in [0.25, 0.3) is 0 Å². The minimum atomic E-state index is -0.0808. The van der Waals surface area contributed by atoms with E-state index >= 15 is 0 Å². The first-order valence-corrected chi connectivity index (χ1v) is 9.01. The minimum Gasteiger partial charge on any atom is -0.497 e. The van der Waals surface area contributed by atoms with Crippen LogP contribution in [0.3, 0.4) is 0 Å². The summed E-state index contributed by atoms with van der Waals surface area (Å²) in [5.74, 6) is 0.848. The van der Waals surface area contributed by atoms with Gasteiger partial charge in [-0.3, -0.25) is 9.69 Å². The third-order valence-electron chi connectivity index (χ3n) is 4.52. The van der Waals surface area contributed by atoms with Crippen molar-refractivity contribution in [3.05, 3.63) is 40.4 Å². The van der Waals surface area contributed by atoms with Crippen molar-refractivity contribution in [3.8, 4) is 5.75 Å². The molecule has 1 N–H and O–H groups in total. The van der Waals surface area contributed by atoms with Gasteiger partial charge in [-0.2, -0.15) is 0 Å². The molecule has 3 rings (SSSR count). The Bertz CT molecular complexity index is 729. The van der Waals surface area contributed by atoms with Crippen LogP contribution in [0.5, 0.6) is 5.75 Å². The van der Waals surface area contributed by atoms with Gasteiger partial charge < -0.3 is 10.1 Å². The molecule has 1 amide bonds. The number of benzene rings is 1. The molecule has 0 saturated carbocycles. The molecule has 0 aliphatic carbocycles. The molecule has 0 fully saturated rings. The molecule has 5 nitrogen and oxygen atoms in total. The highest BCUT2D eigenvalue weighted by molar-refractivity contribution is 7.15. The summed E-state index contributed by atoms with van der Waals surface area (Å²) in [7, 11) is 1.71. The van der Waals surface area contributed by atoms with Crippen molar-refractivity contribution in [1.29, 1.82) is 0 Å². The summed E-state index contributed by atoms with van der Waals surface area (Å²) < 4.78 is 5.34. The fourth-order valence-corrected chi connectivity index (χ4v) is 4.05. The quantitative estimate of drug-likeness (QED) is 0.924. The molecular weight excluding hydrogens is 322 g/mol. The summed E-state index contributed by atoms with van der Waals surface area (Å²) in [6.45, 7) is 5.75. The van der Waals surface area contributed by atoms with Crippen molar-refractivity contribution < 1.29 is 9.53 Å². The molecule has 128 valence electrons. The number of rotatable bonds is 4. The van der Waals surface area contributed by atoms with Crippen LogP contribution in [-0.2, 0) is 17.6 Å². The van der Waals surface area contributed by atoms with Gasteiger partial charge in [0.1, 0.15) is 5.75 Å². The molecule has 1 atom stereocenters. The van der Waals surface area contributed by atoms with Crippen LogP contribution in [0.4, 0.5) is 5.13 Å². The highest BCUT2D eigenvalue weighted by Gasteiger charge is 2.21. The molecule has 24 heavy (non-hydrogen) atoms. The summed E-state index contributed by atoms with van der Waals surface area (Å²) in [5.41, 5.74) is 2.79. The lowest BCUT2D eigenvalue weighted by Crippen LogP contribution is -2.29. The van der Waals surface area contributed by atoms with Crippen molar-refractivity contribution in [2.45, 2.75) is 32.7 Å². The fraction of sp³-hybridized carbons (Fsp3) is 0.444. The lowest BCUT2D eigenvalue weighted by Gasteiger charge is -2.26. The van der Waals surface area contributed by atoms with Crippen LogP contribution in [0, 0.1) is 0 Å². The van der Waals surface area contributed by atoms with E-state index in [1.54, 1.807) is 18.4 Å². The van der Waals surface area contributed by atoms with Crippen LogP contribution in [0.1, 0.15) is 35.9 Å². The van der Waals surface area contributed by atoms with Crippen molar-refractivity contribution in [1.82, 2.24) is 9.88 Å². The predicted molar refractivity (Wildman–Crippen MR) is 96.8 cm³/mol. The van der Waals surface area contributed by atoms with Gasteiger partial charge in [-0.05, 0) is 43.0 Å². The van der Waals surface area contributed by atoms with E-state index in [2.05, 4.69) is 34.3 Å². The van der Waals surface area contributed by atoms with Gasteiger partial charge in [-0.25, -0.2) is 4.98 Å². The van der Waals surface area contributed by atoms with Gasteiger partial charge in [-0.15, -0.1) is 11.3 Å². The van der Waals surface area contributed by atoms with Gasteiger partial charge in [0.15, 0.2) is 5.13 Å². The molecule has 2 aromatic rings. The van der Waals surface area contributed by atoms with E-state index in [0.717, 1.165) is 31.7 Å². The second-order valence-corrected chi connectivity index (χ2v) is 7.16. The molecule has 0 unspecified atom stereocenters. The number of ether oxygens (including phenoxy) is 1. The summed E-state index contributed by atoms with van der Waals surface area (Å²) in [6, 6.07) is 6.68.